The van der Waals surface area contributed by atoms with Crippen LogP contribution < -0.4 is 9.80 Å². The van der Waals surface area contributed by atoms with Crippen molar-refractivity contribution in [2.24, 2.45) is 0 Å². The maximum absolute atomic E-state index is 4.86. The second kappa shape index (κ2) is 35.5. The van der Waals surface area contributed by atoms with Crippen molar-refractivity contribution in [3.05, 3.63) is 60.3 Å². The Kier molecular flexibility index (Phi) is 35.1. The van der Waals surface area contributed by atoms with Crippen LogP contribution in [0.25, 0.3) is 10.9 Å². The van der Waals surface area contributed by atoms with Gasteiger partial charge >= 0.3 is 0 Å². The van der Waals surface area contributed by atoms with Crippen LogP contribution in [0.2, 0.25) is 0 Å². The molecule has 3 aliphatic heterocycles. The standard InChI is InChI=1S/C33H46N6.C4H10.C3H8.5C2H6/c1-4-36-17-13-28(14-18-36)37-21-23-38(24-22-37)29-15-19-39(20-16-29)33-30-7-5-6-8-31(30)34-25-32(33)35(3)27-11-9-26(2)10-12-27;1-3-4-2;1-3-2;5*1-2/h5-12,25,28-29H,4,13-24H2,1-3H3;3-4H2,1-2H3;3H2,1-2H3;5*1-2H3. The first-order valence-corrected chi connectivity index (χ1v) is 23.6. The molecule has 0 bridgehead atoms. The number of unbranched alkanes of at least 4 members (excludes halogenated alkanes) is 1. The van der Waals surface area contributed by atoms with E-state index in [1.54, 1.807) is 0 Å². The van der Waals surface area contributed by atoms with Crippen LogP contribution in [0, 0.1) is 6.92 Å². The van der Waals surface area contributed by atoms with Gasteiger partial charge in [-0.1, -0.05) is 159 Å². The summed E-state index contributed by atoms with van der Waals surface area (Å²) >= 11 is 0. The summed E-state index contributed by atoms with van der Waals surface area (Å²) in [5.74, 6) is 0. The number of pyridine rings is 1. The molecular weight excluding hydrogens is 685 g/mol. The van der Waals surface area contributed by atoms with Crippen LogP contribution in [0.4, 0.5) is 17.1 Å². The van der Waals surface area contributed by atoms with Crippen molar-refractivity contribution in [2.45, 2.75) is 168 Å². The lowest BCUT2D eigenvalue weighted by molar-refractivity contribution is 0.0384. The summed E-state index contributed by atoms with van der Waals surface area (Å²) in [5, 5.41) is 1.26. The predicted molar refractivity (Wildman–Crippen MR) is 258 cm³/mol. The number of likely N-dealkylation sites (tertiary alicyclic amines) is 1. The Labute approximate surface area is 350 Å². The molecule has 0 aliphatic carbocycles. The van der Waals surface area contributed by atoms with Crippen molar-refractivity contribution in [1.29, 1.82) is 0 Å². The largest absolute Gasteiger partial charge is 0.369 e. The van der Waals surface area contributed by atoms with E-state index < -0.39 is 0 Å². The van der Waals surface area contributed by atoms with Crippen LogP contribution in [0.1, 0.15) is 154 Å². The molecule has 6 heteroatoms. The highest BCUT2D eigenvalue weighted by atomic mass is 15.3. The Balaban J connectivity index is 0. The molecule has 0 unspecified atom stereocenters. The summed E-state index contributed by atoms with van der Waals surface area (Å²) in [6.07, 6.45) is 11.1. The third kappa shape index (κ3) is 18.3. The molecule has 4 heterocycles. The van der Waals surface area contributed by atoms with Crippen LogP contribution in [0.3, 0.4) is 0 Å². The van der Waals surface area contributed by atoms with Gasteiger partial charge in [0.05, 0.1) is 23.1 Å². The minimum absolute atomic E-state index is 0.705. The second-order valence-corrected chi connectivity index (χ2v) is 13.6. The molecule has 6 nitrogen and oxygen atoms in total. The maximum Gasteiger partial charge on any atom is 0.0839 e. The van der Waals surface area contributed by atoms with E-state index in [-0.39, 0.29) is 0 Å². The minimum Gasteiger partial charge on any atom is -0.369 e. The molecule has 3 saturated heterocycles. The van der Waals surface area contributed by atoms with Crippen molar-refractivity contribution >= 4 is 28.0 Å². The number of anilines is 3. The third-order valence-corrected chi connectivity index (χ3v) is 10.2. The molecule has 0 spiro atoms. The fourth-order valence-corrected chi connectivity index (χ4v) is 7.12. The van der Waals surface area contributed by atoms with Gasteiger partial charge in [-0.3, -0.25) is 14.8 Å². The third-order valence-electron chi connectivity index (χ3n) is 10.2. The van der Waals surface area contributed by atoms with Gasteiger partial charge in [0.1, 0.15) is 0 Å². The molecule has 3 fully saturated rings. The summed E-state index contributed by atoms with van der Waals surface area (Å²) in [7, 11) is 2.18. The van der Waals surface area contributed by atoms with Crippen molar-refractivity contribution in [3.63, 3.8) is 0 Å². The zero-order valence-electron chi connectivity index (χ0n) is 40.3. The topological polar surface area (TPSA) is 29.1 Å². The molecular formula is C50H94N6. The second-order valence-electron chi connectivity index (χ2n) is 13.6. The van der Waals surface area contributed by atoms with E-state index in [1.165, 1.54) is 119 Å². The van der Waals surface area contributed by atoms with E-state index in [0.717, 1.165) is 24.6 Å². The molecule has 3 aromatic rings. The highest BCUT2D eigenvalue weighted by Gasteiger charge is 2.32. The van der Waals surface area contributed by atoms with E-state index in [1.807, 2.05) is 69.2 Å². The Morgan fingerprint density at radius 3 is 1.45 bits per heavy atom. The average Bonchev–Trinajstić information content (AvgIpc) is 3.30. The fraction of sp³-hybridized carbons (Fsp3) is 0.700. The maximum atomic E-state index is 4.86. The first-order valence-electron chi connectivity index (χ1n) is 23.6. The van der Waals surface area contributed by atoms with Crippen molar-refractivity contribution < 1.29 is 0 Å². The molecule has 3 aliphatic rings. The lowest BCUT2D eigenvalue weighted by Gasteiger charge is -2.46. The van der Waals surface area contributed by atoms with E-state index in [9.17, 15) is 0 Å². The Morgan fingerprint density at radius 2 is 1.02 bits per heavy atom. The minimum atomic E-state index is 0.705. The van der Waals surface area contributed by atoms with Crippen molar-refractivity contribution in [2.75, 3.05) is 75.8 Å². The van der Waals surface area contributed by atoms with Crippen LogP contribution in [0.5, 0.6) is 0 Å². The van der Waals surface area contributed by atoms with Crippen LogP contribution in [0.15, 0.2) is 54.7 Å². The summed E-state index contributed by atoms with van der Waals surface area (Å²) in [5.41, 5.74) is 6.10. The Morgan fingerprint density at radius 1 is 0.589 bits per heavy atom. The lowest BCUT2D eigenvalue weighted by Crippen LogP contribution is -2.56. The number of hydrogen-bond acceptors (Lipinski definition) is 6. The average molecular weight is 779 g/mol. The van der Waals surface area contributed by atoms with Gasteiger partial charge in [-0.15, -0.1) is 0 Å². The zero-order chi connectivity index (χ0) is 42.9. The normalized spacial score (nSPS) is 16.1. The molecule has 324 valence electrons. The number of fused-ring (bicyclic) bond motifs is 1. The molecule has 56 heavy (non-hydrogen) atoms. The predicted octanol–water partition coefficient (Wildman–Crippen LogP) is 13.7. The fourth-order valence-electron chi connectivity index (χ4n) is 7.12. The monoisotopic (exact) mass is 779 g/mol. The summed E-state index contributed by atoms with van der Waals surface area (Å²) in [6.45, 7) is 44.0. The van der Waals surface area contributed by atoms with Gasteiger partial charge in [0.15, 0.2) is 0 Å². The molecule has 1 aromatic heterocycles. The number of piperidine rings is 2. The number of aromatic nitrogens is 1. The highest BCUT2D eigenvalue weighted by Crippen LogP contribution is 2.40. The quantitative estimate of drug-likeness (QED) is 0.237. The van der Waals surface area contributed by atoms with E-state index >= 15 is 0 Å². The van der Waals surface area contributed by atoms with Gasteiger partial charge in [0, 0.05) is 69.5 Å². The van der Waals surface area contributed by atoms with Gasteiger partial charge in [-0.25, -0.2) is 0 Å². The van der Waals surface area contributed by atoms with Gasteiger partial charge in [0.25, 0.3) is 0 Å². The zero-order valence-corrected chi connectivity index (χ0v) is 40.3. The summed E-state index contributed by atoms with van der Waals surface area (Å²) in [4.78, 5) is 18.0. The summed E-state index contributed by atoms with van der Waals surface area (Å²) in [6, 6.07) is 19.0. The first kappa shape index (κ1) is 55.4. The van der Waals surface area contributed by atoms with Crippen LogP contribution >= 0.6 is 0 Å². The summed E-state index contributed by atoms with van der Waals surface area (Å²) < 4.78 is 0. The number of aryl methyl sites for hydroxylation is 1. The number of rotatable bonds is 7. The van der Waals surface area contributed by atoms with E-state index in [0.29, 0.717) is 6.04 Å². The first-order chi connectivity index (χ1) is 27.4. The van der Waals surface area contributed by atoms with Gasteiger partial charge < -0.3 is 14.7 Å². The van der Waals surface area contributed by atoms with Gasteiger partial charge in [-0.2, -0.15) is 0 Å². The van der Waals surface area contributed by atoms with Crippen LogP contribution in [-0.2, 0) is 0 Å². The smallest absolute Gasteiger partial charge is 0.0839 e. The molecule has 0 saturated carbocycles. The SMILES string of the molecule is CC.CC.CC.CC.CC.CCC.CCCC.CCN1CCC(N2CCN(C3CCN(c4c(N(C)c5ccc(C)cc5)cnc5ccccc45)CC3)CC2)CC1. The molecule has 0 amide bonds. The number of para-hydroxylation sites is 1. The van der Waals surface area contributed by atoms with Gasteiger partial charge in [-0.05, 0) is 70.4 Å². The molecule has 0 radical (unpaired) electrons. The number of benzene rings is 2. The molecule has 6 rings (SSSR count). The van der Waals surface area contributed by atoms with Crippen LogP contribution in [-0.4, -0.2) is 97.7 Å². The van der Waals surface area contributed by atoms with Gasteiger partial charge in [0.2, 0.25) is 0 Å². The highest BCUT2D eigenvalue weighted by molar-refractivity contribution is 5.99. The molecule has 0 N–H and O–H groups in total. The number of piperazine rings is 1. The Bertz CT molecular complexity index is 1270. The van der Waals surface area contributed by atoms with Crippen molar-refractivity contribution in [1.82, 2.24) is 19.7 Å². The Hall–Kier alpha value is -2.67. The van der Waals surface area contributed by atoms with E-state index in [2.05, 4.69) is 128 Å². The van der Waals surface area contributed by atoms with E-state index in [4.69, 9.17) is 4.98 Å². The number of hydrogen-bond donors (Lipinski definition) is 0. The van der Waals surface area contributed by atoms with Crippen molar-refractivity contribution in [3.8, 4) is 0 Å². The molecule has 2 aromatic carbocycles. The molecule has 0 atom stereocenters. The lowest BCUT2D eigenvalue weighted by atomic mass is 9.99. The number of nitrogens with zero attached hydrogens (tertiary/aromatic N) is 6.